The molecule has 1 aliphatic rings. The predicted octanol–water partition coefficient (Wildman–Crippen LogP) is 3.36. The molecule has 0 unspecified atom stereocenters. The molecule has 0 N–H and O–H groups in total. The Hall–Kier alpha value is -0.370. The van der Waals surface area contributed by atoms with Crippen molar-refractivity contribution in [3.8, 4) is 0 Å². The first kappa shape index (κ1) is 17.0. The Labute approximate surface area is 96.0 Å². The van der Waals surface area contributed by atoms with E-state index in [9.17, 15) is 4.79 Å². The second-order valence-corrected chi connectivity index (χ2v) is 3.40. The van der Waals surface area contributed by atoms with E-state index in [1.54, 1.807) is 0 Å². The van der Waals surface area contributed by atoms with Crippen molar-refractivity contribution in [2.24, 2.45) is 5.92 Å². The van der Waals surface area contributed by atoms with Crippen LogP contribution in [0.4, 0.5) is 0 Å². The lowest BCUT2D eigenvalue weighted by atomic mass is 9.92. The number of Topliss-reactive ketones (excluding diaryl/α,β-unsaturated/α-hetero) is 1. The van der Waals surface area contributed by atoms with Gasteiger partial charge in [0.05, 0.1) is 0 Å². The van der Waals surface area contributed by atoms with Crippen LogP contribution in [0.15, 0.2) is 0 Å². The monoisotopic (exact) mass is 215 g/mol. The van der Waals surface area contributed by atoms with Gasteiger partial charge in [-0.15, -0.1) is 0 Å². The molecule has 0 aromatic rings. The highest BCUT2D eigenvalue weighted by molar-refractivity contribution is 5.80. The van der Waals surface area contributed by atoms with Crippen molar-refractivity contribution in [2.45, 2.75) is 53.9 Å². The Kier molecular flexibility index (Phi) is 13.3. The molecular weight excluding hydrogens is 186 g/mol. The summed E-state index contributed by atoms with van der Waals surface area (Å²) in [6, 6.07) is 0. The van der Waals surface area contributed by atoms with Gasteiger partial charge in [-0.25, -0.2) is 0 Å². The molecule has 0 amide bonds. The van der Waals surface area contributed by atoms with Gasteiger partial charge >= 0.3 is 0 Å². The minimum absolute atomic E-state index is 0.371. The molecule has 0 aliphatic carbocycles. The number of ketones is 1. The van der Waals surface area contributed by atoms with E-state index in [1.165, 1.54) is 0 Å². The SMILES string of the molecule is CC.CC.CCC(=O)C1CCN(C)CC1. The van der Waals surface area contributed by atoms with Crippen LogP contribution in [-0.2, 0) is 4.79 Å². The molecule has 0 atom stereocenters. The van der Waals surface area contributed by atoms with Gasteiger partial charge in [0.15, 0.2) is 0 Å². The molecule has 1 saturated heterocycles. The molecule has 92 valence electrons. The van der Waals surface area contributed by atoms with E-state index in [-0.39, 0.29) is 0 Å². The average Bonchev–Trinajstić information content (AvgIpc) is 2.34. The summed E-state index contributed by atoms with van der Waals surface area (Å²) in [4.78, 5) is 13.5. The standard InChI is InChI=1S/C9H17NO.2C2H6/c1-3-9(11)8-4-6-10(2)7-5-8;2*1-2/h8H,3-7H2,1-2H3;2*1-2H3. The van der Waals surface area contributed by atoms with Crippen LogP contribution in [0.5, 0.6) is 0 Å². The molecule has 15 heavy (non-hydrogen) atoms. The zero-order valence-corrected chi connectivity index (χ0v) is 11.5. The smallest absolute Gasteiger partial charge is 0.135 e. The number of hydrogen-bond donors (Lipinski definition) is 0. The van der Waals surface area contributed by atoms with E-state index in [0.29, 0.717) is 18.1 Å². The number of hydrogen-bond acceptors (Lipinski definition) is 2. The Morgan fingerprint density at radius 2 is 1.53 bits per heavy atom. The summed E-state index contributed by atoms with van der Waals surface area (Å²) in [5.41, 5.74) is 0. The van der Waals surface area contributed by atoms with E-state index >= 15 is 0 Å². The number of carbonyl (C=O) groups is 1. The highest BCUT2D eigenvalue weighted by atomic mass is 16.1. The summed E-state index contributed by atoms with van der Waals surface area (Å²) in [6.45, 7) is 12.1. The van der Waals surface area contributed by atoms with Crippen LogP contribution in [-0.4, -0.2) is 30.8 Å². The molecule has 2 nitrogen and oxygen atoms in total. The van der Waals surface area contributed by atoms with Gasteiger partial charge in [0.25, 0.3) is 0 Å². The first-order chi connectivity index (χ1) is 7.24. The summed E-state index contributed by atoms with van der Waals surface area (Å²) < 4.78 is 0. The molecule has 0 spiro atoms. The lowest BCUT2D eigenvalue weighted by molar-refractivity contribution is -0.123. The highest BCUT2D eigenvalue weighted by Gasteiger charge is 2.21. The molecular formula is C13H29NO. The summed E-state index contributed by atoms with van der Waals surface area (Å²) in [5.74, 6) is 0.828. The topological polar surface area (TPSA) is 20.3 Å². The third-order valence-corrected chi connectivity index (χ3v) is 2.52. The van der Waals surface area contributed by atoms with Gasteiger partial charge in [-0.05, 0) is 33.0 Å². The molecule has 0 radical (unpaired) electrons. The van der Waals surface area contributed by atoms with Crippen molar-refractivity contribution in [1.82, 2.24) is 4.90 Å². The van der Waals surface area contributed by atoms with E-state index < -0.39 is 0 Å². The molecule has 2 heteroatoms. The van der Waals surface area contributed by atoms with Crippen LogP contribution < -0.4 is 0 Å². The first-order valence-corrected chi connectivity index (χ1v) is 6.45. The molecule has 0 saturated carbocycles. The molecule has 0 aromatic carbocycles. The van der Waals surface area contributed by atoms with Crippen LogP contribution in [0.2, 0.25) is 0 Å². The molecule has 1 rings (SSSR count). The lowest BCUT2D eigenvalue weighted by Crippen LogP contribution is -2.33. The molecule has 1 aliphatic heterocycles. The van der Waals surface area contributed by atoms with Crippen LogP contribution in [0.1, 0.15) is 53.9 Å². The second kappa shape index (κ2) is 11.7. The van der Waals surface area contributed by atoms with E-state index in [1.807, 2.05) is 34.6 Å². The van der Waals surface area contributed by atoms with Crippen LogP contribution >= 0.6 is 0 Å². The summed E-state index contributed by atoms with van der Waals surface area (Å²) >= 11 is 0. The van der Waals surface area contributed by atoms with Gasteiger partial charge in [-0.1, -0.05) is 34.6 Å². The number of rotatable bonds is 2. The Morgan fingerprint density at radius 3 is 1.87 bits per heavy atom. The maximum Gasteiger partial charge on any atom is 0.135 e. The van der Waals surface area contributed by atoms with Gasteiger partial charge in [-0.3, -0.25) is 4.79 Å². The Balaban J connectivity index is 0. The normalized spacial score (nSPS) is 16.9. The second-order valence-electron chi connectivity index (χ2n) is 3.40. The Bertz CT molecular complexity index is 137. The molecule has 1 heterocycles. The fourth-order valence-corrected chi connectivity index (χ4v) is 1.62. The van der Waals surface area contributed by atoms with Crippen molar-refractivity contribution in [2.75, 3.05) is 20.1 Å². The van der Waals surface area contributed by atoms with E-state index in [0.717, 1.165) is 25.9 Å². The summed E-state index contributed by atoms with van der Waals surface area (Å²) in [7, 11) is 2.12. The van der Waals surface area contributed by atoms with Crippen molar-refractivity contribution in [3.05, 3.63) is 0 Å². The van der Waals surface area contributed by atoms with Crippen LogP contribution in [0, 0.1) is 5.92 Å². The van der Waals surface area contributed by atoms with Crippen molar-refractivity contribution in [1.29, 1.82) is 0 Å². The molecule has 1 fully saturated rings. The van der Waals surface area contributed by atoms with Gasteiger partial charge in [-0.2, -0.15) is 0 Å². The number of carbonyl (C=O) groups excluding carboxylic acids is 1. The average molecular weight is 215 g/mol. The highest BCUT2D eigenvalue weighted by Crippen LogP contribution is 2.17. The largest absolute Gasteiger partial charge is 0.306 e. The minimum atomic E-state index is 0.371. The fourth-order valence-electron chi connectivity index (χ4n) is 1.62. The van der Waals surface area contributed by atoms with Gasteiger partial charge in [0, 0.05) is 12.3 Å². The fraction of sp³-hybridized carbons (Fsp3) is 0.923. The summed E-state index contributed by atoms with van der Waals surface area (Å²) in [6.07, 6.45) is 2.86. The van der Waals surface area contributed by atoms with Crippen LogP contribution in [0.25, 0.3) is 0 Å². The van der Waals surface area contributed by atoms with Gasteiger partial charge < -0.3 is 4.90 Å². The maximum atomic E-state index is 11.3. The lowest BCUT2D eigenvalue weighted by Gasteiger charge is -2.27. The Morgan fingerprint density at radius 1 is 1.13 bits per heavy atom. The zero-order chi connectivity index (χ0) is 12.3. The van der Waals surface area contributed by atoms with Crippen molar-refractivity contribution >= 4 is 5.78 Å². The summed E-state index contributed by atoms with van der Waals surface area (Å²) in [5, 5.41) is 0. The van der Waals surface area contributed by atoms with E-state index in [2.05, 4.69) is 11.9 Å². The third-order valence-electron chi connectivity index (χ3n) is 2.52. The van der Waals surface area contributed by atoms with Crippen molar-refractivity contribution in [3.63, 3.8) is 0 Å². The number of nitrogens with zero attached hydrogens (tertiary/aromatic N) is 1. The van der Waals surface area contributed by atoms with E-state index in [4.69, 9.17) is 0 Å². The quantitative estimate of drug-likeness (QED) is 0.704. The number of piperidine rings is 1. The number of likely N-dealkylation sites (tertiary alicyclic amines) is 1. The maximum absolute atomic E-state index is 11.3. The molecule has 0 aromatic heterocycles. The van der Waals surface area contributed by atoms with Gasteiger partial charge in [0.2, 0.25) is 0 Å². The molecule has 0 bridgehead atoms. The third kappa shape index (κ3) is 7.55. The zero-order valence-electron chi connectivity index (χ0n) is 11.5. The first-order valence-electron chi connectivity index (χ1n) is 6.45. The minimum Gasteiger partial charge on any atom is -0.306 e. The van der Waals surface area contributed by atoms with Crippen LogP contribution in [0.3, 0.4) is 0 Å². The predicted molar refractivity (Wildman–Crippen MR) is 68.2 cm³/mol. The van der Waals surface area contributed by atoms with Gasteiger partial charge in [0.1, 0.15) is 5.78 Å². The van der Waals surface area contributed by atoms with Crippen molar-refractivity contribution < 1.29 is 4.79 Å².